The molecule has 0 saturated carbocycles. The molecule has 1 aliphatic rings. The maximum Gasteiger partial charge on any atom is 0.351 e. The molecule has 1 aromatic rings. The lowest BCUT2D eigenvalue weighted by Gasteiger charge is -2.20. The van der Waals surface area contributed by atoms with Gasteiger partial charge >= 0.3 is 5.69 Å². The minimum atomic E-state index is -1.06. The van der Waals surface area contributed by atoms with Gasteiger partial charge < -0.3 is 20.3 Å². The predicted octanol–water partition coefficient (Wildman–Crippen LogP) is -0.921. The van der Waals surface area contributed by atoms with Crippen molar-refractivity contribution in [3.63, 3.8) is 0 Å². The normalized spacial score (nSPS) is 29.5. The lowest BCUT2D eigenvalue weighted by Crippen LogP contribution is -2.33. The highest BCUT2D eigenvalue weighted by molar-refractivity contribution is 5.23. The van der Waals surface area contributed by atoms with E-state index in [-0.39, 0.29) is 19.0 Å². The van der Waals surface area contributed by atoms with E-state index in [1.165, 1.54) is 16.8 Å². The summed E-state index contributed by atoms with van der Waals surface area (Å²) in [4.78, 5) is 15.1. The van der Waals surface area contributed by atoms with E-state index in [4.69, 9.17) is 20.3 Å². The summed E-state index contributed by atoms with van der Waals surface area (Å²) in [5.74, 6) is -0.907. The predicted molar refractivity (Wildman–Crippen MR) is 54.5 cm³/mol. The molecule has 16 heavy (non-hydrogen) atoms. The van der Waals surface area contributed by atoms with Gasteiger partial charge in [0.05, 0.1) is 13.2 Å². The van der Waals surface area contributed by atoms with Gasteiger partial charge in [-0.1, -0.05) is 0 Å². The van der Waals surface area contributed by atoms with E-state index >= 15 is 0 Å². The van der Waals surface area contributed by atoms with E-state index in [2.05, 4.69) is 4.98 Å². The summed E-state index contributed by atoms with van der Waals surface area (Å²) in [5, 5.41) is 9.03. The van der Waals surface area contributed by atoms with Gasteiger partial charge in [0.15, 0.2) is 12.0 Å². The molecule has 0 amide bonds. The zero-order chi connectivity index (χ0) is 11.8. The highest BCUT2D eigenvalue weighted by Gasteiger charge is 2.37. The molecule has 1 saturated heterocycles. The van der Waals surface area contributed by atoms with Gasteiger partial charge in [0.2, 0.25) is 0 Å². The number of rotatable bonds is 2. The molecular formula is C9H13N3O4. The van der Waals surface area contributed by atoms with Crippen molar-refractivity contribution in [2.45, 2.75) is 18.9 Å². The average molecular weight is 227 g/mol. The first-order valence-corrected chi connectivity index (χ1v) is 4.81. The second-order valence-corrected chi connectivity index (χ2v) is 3.72. The van der Waals surface area contributed by atoms with Gasteiger partial charge in [0.1, 0.15) is 5.82 Å². The Kier molecular flexibility index (Phi) is 2.66. The zero-order valence-corrected chi connectivity index (χ0v) is 8.79. The van der Waals surface area contributed by atoms with Crippen LogP contribution in [0.2, 0.25) is 0 Å². The van der Waals surface area contributed by atoms with Crippen LogP contribution in [0.25, 0.3) is 0 Å². The number of nitrogen functional groups attached to an aromatic ring is 1. The van der Waals surface area contributed by atoms with Gasteiger partial charge in [-0.15, -0.1) is 0 Å². The molecule has 1 aliphatic heterocycles. The Bertz CT molecular complexity index is 447. The fourth-order valence-electron chi connectivity index (χ4n) is 1.47. The Balaban J connectivity index is 2.24. The molecule has 0 spiro atoms. The number of aliphatic hydroxyl groups excluding tert-OH is 1. The van der Waals surface area contributed by atoms with E-state index in [0.29, 0.717) is 0 Å². The van der Waals surface area contributed by atoms with Crippen molar-refractivity contribution in [3.8, 4) is 0 Å². The van der Waals surface area contributed by atoms with Crippen LogP contribution < -0.4 is 11.4 Å². The smallest absolute Gasteiger partial charge is 0.351 e. The molecule has 2 heterocycles. The first kappa shape index (κ1) is 11.1. The second-order valence-electron chi connectivity index (χ2n) is 3.72. The number of hydrogen-bond donors (Lipinski definition) is 2. The highest BCUT2D eigenvalue weighted by atomic mass is 16.8. The van der Waals surface area contributed by atoms with Crippen molar-refractivity contribution in [3.05, 3.63) is 22.7 Å². The van der Waals surface area contributed by atoms with Crippen LogP contribution in [0.5, 0.6) is 0 Å². The van der Waals surface area contributed by atoms with Crippen LogP contribution in [0, 0.1) is 0 Å². The molecule has 0 bridgehead atoms. The number of ether oxygens (including phenoxy) is 2. The number of anilines is 1. The number of hydrogen-bond acceptors (Lipinski definition) is 6. The molecule has 1 aromatic heterocycles. The molecule has 0 aliphatic carbocycles. The summed E-state index contributed by atoms with van der Waals surface area (Å²) < 4.78 is 11.9. The second kappa shape index (κ2) is 3.85. The Morgan fingerprint density at radius 1 is 1.81 bits per heavy atom. The molecule has 0 aromatic carbocycles. The van der Waals surface area contributed by atoms with Crippen LogP contribution in [-0.2, 0) is 9.47 Å². The number of nitrogens with zero attached hydrogens (tertiary/aromatic N) is 2. The summed E-state index contributed by atoms with van der Waals surface area (Å²) in [5.41, 5.74) is 4.87. The van der Waals surface area contributed by atoms with Crippen LogP contribution in [0.1, 0.15) is 13.2 Å². The molecule has 0 unspecified atom stereocenters. The highest BCUT2D eigenvalue weighted by Crippen LogP contribution is 2.27. The Hall–Kier alpha value is -1.44. The molecule has 2 atom stereocenters. The third kappa shape index (κ3) is 1.92. The Morgan fingerprint density at radius 2 is 2.56 bits per heavy atom. The molecule has 88 valence electrons. The van der Waals surface area contributed by atoms with Crippen molar-refractivity contribution in [2.75, 3.05) is 18.9 Å². The minimum absolute atomic E-state index is 0.157. The van der Waals surface area contributed by atoms with Crippen LogP contribution in [0.15, 0.2) is 17.1 Å². The van der Waals surface area contributed by atoms with Crippen LogP contribution in [0.4, 0.5) is 5.82 Å². The maximum absolute atomic E-state index is 11.5. The summed E-state index contributed by atoms with van der Waals surface area (Å²) in [6.45, 7) is 1.51. The van der Waals surface area contributed by atoms with Crippen molar-refractivity contribution in [2.24, 2.45) is 0 Å². The average Bonchev–Trinajstić information content (AvgIpc) is 2.62. The van der Waals surface area contributed by atoms with Gasteiger partial charge in [0, 0.05) is 6.20 Å². The third-order valence-electron chi connectivity index (χ3n) is 2.37. The minimum Gasteiger partial charge on any atom is -0.391 e. The third-order valence-corrected chi connectivity index (χ3v) is 2.37. The Morgan fingerprint density at radius 3 is 3.12 bits per heavy atom. The number of aromatic nitrogens is 2. The summed E-state index contributed by atoms with van der Waals surface area (Å²) in [6, 6.07) is 1.50. The SMILES string of the molecule is C[C@]1(CO)OC[C@@H](n2ccc(N)nc2=O)O1. The lowest BCUT2D eigenvalue weighted by atomic mass is 10.4. The molecule has 7 nitrogen and oxygen atoms in total. The molecular weight excluding hydrogens is 214 g/mol. The summed E-state index contributed by atoms with van der Waals surface area (Å²) in [6.07, 6.45) is 0.902. The van der Waals surface area contributed by atoms with Gasteiger partial charge in [-0.05, 0) is 13.0 Å². The fourth-order valence-corrected chi connectivity index (χ4v) is 1.47. The zero-order valence-electron chi connectivity index (χ0n) is 8.79. The molecule has 7 heteroatoms. The standard InChI is InChI=1S/C9H13N3O4/c1-9(5-13)15-4-7(16-9)12-3-2-6(10)11-8(12)14/h2-3,7,13H,4-5H2,1H3,(H2,10,11,14)/t7-,9-/m0/s1. The van der Waals surface area contributed by atoms with Gasteiger partial charge in [-0.3, -0.25) is 4.57 Å². The summed E-state index contributed by atoms with van der Waals surface area (Å²) in [7, 11) is 0. The van der Waals surface area contributed by atoms with Crippen LogP contribution in [-0.4, -0.2) is 33.7 Å². The number of aliphatic hydroxyl groups is 1. The monoisotopic (exact) mass is 227 g/mol. The van der Waals surface area contributed by atoms with Crippen molar-refractivity contribution >= 4 is 5.82 Å². The molecule has 1 fully saturated rings. The van der Waals surface area contributed by atoms with Crippen molar-refractivity contribution < 1.29 is 14.6 Å². The van der Waals surface area contributed by atoms with E-state index in [0.717, 1.165) is 0 Å². The van der Waals surface area contributed by atoms with E-state index in [1.54, 1.807) is 6.92 Å². The molecule has 3 N–H and O–H groups in total. The van der Waals surface area contributed by atoms with E-state index in [1.807, 2.05) is 0 Å². The fraction of sp³-hybridized carbons (Fsp3) is 0.556. The van der Waals surface area contributed by atoms with Crippen molar-refractivity contribution in [1.82, 2.24) is 9.55 Å². The van der Waals surface area contributed by atoms with Gasteiger partial charge in [0.25, 0.3) is 0 Å². The lowest BCUT2D eigenvalue weighted by molar-refractivity contribution is -0.186. The van der Waals surface area contributed by atoms with Crippen LogP contribution >= 0.6 is 0 Å². The Labute approximate surface area is 91.4 Å². The van der Waals surface area contributed by atoms with Gasteiger partial charge in [-0.25, -0.2) is 4.79 Å². The largest absolute Gasteiger partial charge is 0.391 e. The maximum atomic E-state index is 11.5. The first-order valence-electron chi connectivity index (χ1n) is 4.81. The van der Waals surface area contributed by atoms with E-state index < -0.39 is 17.7 Å². The van der Waals surface area contributed by atoms with E-state index in [9.17, 15) is 4.79 Å². The topological polar surface area (TPSA) is 99.6 Å². The first-order chi connectivity index (χ1) is 7.54. The van der Waals surface area contributed by atoms with Gasteiger partial charge in [-0.2, -0.15) is 4.98 Å². The quantitative estimate of drug-likeness (QED) is 0.677. The van der Waals surface area contributed by atoms with Crippen LogP contribution in [0.3, 0.4) is 0 Å². The van der Waals surface area contributed by atoms with Crippen molar-refractivity contribution in [1.29, 1.82) is 0 Å². The number of nitrogens with two attached hydrogens (primary N) is 1. The molecule has 0 radical (unpaired) electrons. The molecule has 2 rings (SSSR count). The summed E-state index contributed by atoms with van der Waals surface area (Å²) >= 11 is 0.